The van der Waals surface area contributed by atoms with Crippen LogP contribution in [0.2, 0.25) is 10.0 Å². The lowest BCUT2D eigenvalue weighted by Crippen LogP contribution is -2.30. The van der Waals surface area contributed by atoms with Crippen molar-refractivity contribution in [1.29, 1.82) is 5.26 Å². The van der Waals surface area contributed by atoms with Crippen molar-refractivity contribution in [1.82, 2.24) is 0 Å². The molecule has 0 spiro atoms. The summed E-state index contributed by atoms with van der Waals surface area (Å²) in [5, 5.41) is 13.4. The zero-order valence-electron chi connectivity index (χ0n) is 18.1. The third-order valence-corrected chi connectivity index (χ3v) is 7.11. The van der Waals surface area contributed by atoms with E-state index in [1.807, 2.05) is 31.2 Å². The van der Waals surface area contributed by atoms with E-state index in [0.29, 0.717) is 27.8 Å². The molecule has 0 bridgehead atoms. The monoisotopic (exact) mass is 507 g/mol. The van der Waals surface area contributed by atoms with Crippen molar-refractivity contribution in [2.75, 3.05) is 10.2 Å². The second kappa shape index (κ2) is 10.4. The van der Waals surface area contributed by atoms with Gasteiger partial charge in [0.25, 0.3) is 5.91 Å². The van der Waals surface area contributed by atoms with E-state index < -0.39 is 11.2 Å². The first kappa shape index (κ1) is 23.9. The molecular formula is C26H19Cl2N3O2S. The Bertz CT molecular complexity index is 1320. The Kier molecular flexibility index (Phi) is 7.28. The lowest BCUT2D eigenvalue weighted by Gasteiger charge is -2.18. The molecule has 1 fully saturated rings. The van der Waals surface area contributed by atoms with Crippen LogP contribution in [-0.2, 0) is 16.0 Å². The fraction of sp³-hybridized carbons (Fsp3) is 0.115. The Morgan fingerprint density at radius 3 is 2.47 bits per heavy atom. The van der Waals surface area contributed by atoms with Crippen LogP contribution in [0.25, 0.3) is 0 Å². The van der Waals surface area contributed by atoms with Crippen LogP contribution in [0.15, 0.2) is 83.4 Å². The SMILES string of the molecule is Cc1ccc(NC(=O)/C(C#N)=C2\S[C@@H](Cc3cc(Cl)ccc3Cl)C(=O)N2c2ccccc2)cc1. The van der Waals surface area contributed by atoms with Crippen LogP contribution < -0.4 is 10.2 Å². The van der Waals surface area contributed by atoms with Gasteiger partial charge in [0.2, 0.25) is 5.91 Å². The molecular weight excluding hydrogens is 489 g/mol. The summed E-state index contributed by atoms with van der Waals surface area (Å²) in [6.45, 7) is 1.94. The molecule has 1 saturated heterocycles. The predicted molar refractivity (Wildman–Crippen MR) is 138 cm³/mol. The van der Waals surface area contributed by atoms with E-state index in [1.54, 1.807) is 54.6 Å². The summed E-state index contributed by atoms with van der Waals surface area (Å²) in [5.74, 6) is -0.817. The summed E-state index contributed by atoms with van der Waals surface area (Å²) in [4.78, 5) is 28.0. The summed E-state index contributed by atoms with van der Waals surface area (Å²) in [5.41, 5.74) is 2.77. The van der Waals surface area contributed by atoms with Gasteiger partial charge in [0.05, 0.1) is 5.25 Å². The Labute approximate surface area is 212 Å². The molecule has 0 aliphatic carbocycles. The van der Waals surface area contributed by atoms with Crippen LogP contribution in [0.4, 0.5) is 11.4 Å². The number of nitrogens with zero attached hydrogens (tertiary/aromatic N) is 2. The highest BCUT2D eigenvalue weighted by atomic mass is 35.5. The van der Waals surface area contributed by atoms with E-state index in [4.69, 9.17) is 23.2 Å². The smallest absolute Gasteiger partial charge is 0.269 e. The number of amides is 2. The number of thioether (sulfide) groups is 1. The van der Waals surface area contributed by atoms with Crippen molar-refractivity contribution in [3.05, 3.63) is 105 Å². The Morgan fingerprint density at radius 1 is 1.09 bits per heavy atom. The molecule has 34 heavy (non-hydrogen) atoms. The van der Waals surface area contributed by atoms with E-state index in [-0.39, 0.29) is 16.5 Å². The first-order chi connectivity index (χ1) is 16.4. The van der Waals surface area contributed by atoms with Crippen LogP contribution >= 0.6 is 35.0 Å². The van der Waals surface area contributed by atoms with Crippen LogP contribution in [-0.4, -0.2) is 17.1 Å². The number of rotatable bonds is 5. The summed E-state index contributed by atoms with van der Waals surface area (Å²) >= 11 is 13.6. The molecule has 2 amide bonds. The van der Waals surface area contributed by atoms with E-state index in [9.17, 15) is 14.9 Å². The first-order valence-corrected chi connectivity index (χ1v) is 12.0. The topological polar surface area (TPSA) is 73.2 Å². The molecule has 170 valence electrons. The maximum atomic E-state index is 13.5. The third-order valence-electron chi connectivity index (χ3n) is 5.24. The van der Waals surface area contributed by atoms with Gasteiger partial charge in [-0.3, -0.25) is 14.5 Å². The van der Waals surface area contributed by atoms with Crippen molar-refractivity contribution < 1.29 is 9.59 Å². The van der Waals surface area contributed by atoms with E-state index in [2.05, 4.69) is 5.32 Å². The number of hydrogen-bond donors (Lipinski definition) is 1. The number of benzene rings is 3. The zero-order valence-corrected chi connectivity index (χ0v) is 20.4. The van der Waals surface area contributed by atoms with Crippen LogP contribution in [0.3, 0.4) is 0 Å². The van der Waals surface area contributed by atoms with Gasteiger partial charge in [-0.15, -0.1) is 0 Å². The maximum Gasteiger partial charge on any atom is 0.269 e. The molecule has 0 aromatic heterocycles. The number of hydrogen-bond acceptors (Lipinski definition) is 4. The minimum absolute atomic E-state index is 0.137. The standard InChI is InChI=1S/C26H19Cl2N3O2S/c1-16-7-10-19(11-8-16)30-24(32)21(15-29)26-31(20-5-3-2-4-6-20)25(33)23(34-26)14-17-13-18(27)9-12-22(17)28/h2-13,23H,14H2,1H3,(H,30,32)/b26-21-/t23-/m0/s1. The molecule has 3 aromatic carbocycles. The fourth-order valence-corrected chi connectivity index (χ4v) is 5.21. The highest BCUT2D eigenvalue weighted by molar-refractivity contribution is 8.05. The van der Waals surface area contributed by atoms with Crippen molar-refractivity contribution in [2.45, 2.75) is 18.6 Å². The number of para-hydroxylation sites is 1. The average Bonchev–Trinajstić information content (AvgIpc) is 3.14. The lowest BCUT2D eigenvalue weighted by atomic mass is 10.1. The Hall–Kier alpha value is -3.24. The van der Waals surface area contributed by atoms with Gasteiger partial charge in [-0.05, 0) is 61.4 Å². The predicted octanol–water partition coefficient (Wildman–Crippen LogP) is 6.37. The minimum Gasteiger partial charge on any atom is -0.321 e. The molecule has 0 saturated carbocycles. The van der Waals surface area contributed by atoms with Gasteiger partial charge in [-0.1, -0.05) is 70.9 Å². The molecule has 4 rings (SSSR count). The third kappa shape index (κ3) is 5.13. The van der Waals surface area contributed by atoms with E-state index >= 15 is 0 Å². The number of carbonyl (C=O) groups is 2. The van der Waals surface area contributed by atoms with Gasteiger partial charge < -0.3 is 5.32 Å². The molecule has 5 nitrogen and oxygen atoms in total. The molecule has 0 unspecified atom stereocenters. The minimum atomic E-state index is -0.582. The second-order valence-electron chi connectivity index (χ2n) is 7.67. The fourth-order valence-electron chi connectivity index (χ4n) is 3.53. The molecule has 1 aliphatic rings. The molecule has 1 atom stereocenters. The average molecular weight is 508 g/mol. The first-order valence-electron chi connectivity index (χ1n) is 10.4. The van der Waals surface area contributed by atoms with Gasteiger partial charge in [0.1, 0.15) is 16.7 Å². The number of carbonyl (C=O) groups excluding carboxylic acids is 2. The molecule has 0 radical (unpaired) electrons. The molecule has 3 aromatic rings. The van der Waals surface area contributed by atoms with Crippen molar-refractivity contribution in [3.63, 3.8) is 0 Å². The highest BCUT2D eigenvalue weighted by Crippen LogP contribution is 2.42. The van der Waals surface area contributed by atoms with Crippen molar-refractivity contribution in [3.8, 4) is 6.07 Å². The van der Waals surface area contributed by atoms with Crippen LogP contribution in [0.5, 0.6) is 0 Å². The highest BCUT2D eigenvalue weighted by Gasteiger charge is 2.41. The summed E-state index contributed by atoms with van der Waals surface area (Å²) in [6.07, 6.45) is 0.300. The van der Waals surface area contributed by atoms with E-state index in [1.165, 1.54) is 16.7 Å². The number of halogens is 2. The van der Waals surface area contributed by atoms with Crippen LogP contribution in [0, 0.1) is 18.3 Å². The molecule has 1 heterocycles. The van der Waals surface area contributed by atoms with Gasteiger partial charge in [-0.2, -0.15) is 5.26 Å². The Morgan fingerprint density at radius 2 is 1.79 bits per heavy atom. The lowest BCUT2D eigenvalue weighted by molar-refractivity contribution is -0.117. The normalized spacial score (nSPS) is 16.8. The van der Waals surface area contributed by atoms with E-state index in [0.717, 1.165) is 11.1 Å². The molecule has 1 N–H and O–H groups in total. The summed E-state index contributed by atoms with van der Waals surface area (Å²) in [7, 11) is 0. The number of aryl methyl sites for hydroxylation is 1. The Balaban J connectivity index is 1.72. The quantitative estimate of drug-likeness (QED) is 0.321. The van der Waals surface area contributed by atoms with Crippen molar-refractivity contribution >= 4 is 58.2 Å². The zero-order chi connectivity index (χ0) is 24.2. The van der Waals surface area contributed by atoms with Crippen molar-refractivity contribution in [2.24, 2.45) is 0 Å². The number of nitrogens with one attached hydrogen (secondary N) is 1. The van der Waals surface area contributed by atoms with Gasteiger partial charge in [-0.25, -0.2) is 0 Å². The van der Waals surface area contributed by atoms with Crippen LogP contribution in [0.1, 0.15) is 11.1 Å². The molecule has 1 aliphatic heterocycles. The van der Waals surface area contributed by atoms with Gasteiger partial charge in [0.15, 0.2) is 0 Å². The number of anilines is 2. The molecule has 8 heteroatoms. The maximum absolute atomic E-state index is 13.5. The summed E-state index contributed by atoms with van der Waals surface area (Å²) < 4.78 is 0. The largest absolute Gasteiger partial charge is 0.321 e. The second-order valence-corrected chi connectivity index (χ2v) is 9.70. The summed E-state index contributed by atoms with van der Waals surface area (Å²) in [6, 6.07) is 23.3. The van der Waals surface area contributed by atoms with Gasteiger partial charge in [0, 0.05) is 21.4 Å². The number of nitriles is 1. The van der Waals surface area contributed by atoms with Gasteiger partial charge >= 0.3 is 0 Å².